The van der Waals surface area contributed by atoms with Gasteiger partial charge in [-0.15, -0.1) is 24.0 Å². The van der Waals surface area contributed by atoms with E-state index in [0.717, 1.165) is 77.0 Å². The molecule has 0 radical (unpaired) electrons. The van der Waals surface area contributed by atoms with Gasteiger partial charge in [-0.2, -0.15) is 0 Å². The standard InChI is InChI=1S/C22H37N7O.HI/c1-4-27-11-13-28(14-12-27)20-15-19(5-8-25-20)17-26-22(24-3)29-9-6-18(7-10-29)16-21(30)23-2;/h5,8,15,18H,4,6-7,9-14,16-17H2,1-3H3,(H,23,30)(H,24,26);1H. The lowest BCUT2D eigenvalue weighted by Gasteiger charge is -2.35. The van der Waals surface area contributed by atoms with Crippen molar-refractivity contribution in [2.24, 2.45) is 10.9 Å². The van der Waals surface area contributed by atoms with Crippen molar-refractivity contribution in [3.63, 3.8) is 0 Å². The summed E-state index contributed by atoms with van der Waals surface area (Å²) in [6, 6.07) is 4.26. The molecule has 0 aliphatic carbocycles. The van der Waals surface area contributed by atoms with Crippen molar-refractivity contribution in [1.29, 1.82) is 0 Å². The highest BCUT2D eigenvalue weighted by molar-refractivity contribution is 14.0. The molecule has 0 atom stereocenters. The number of pyridine rings is 1. The van der Waals surface area contributed by atoms with Gasteiger partial charge in [-0.05, 0) is 43.0 Å². The molecule has 0 unspecified atom stereocenters. The normalized spacial score (nSPS) is 18.5. The molecule has 2 saturated heterocycles. The largest absolute Gasteiger partial charge is 0.359 e. The number of hydrogen-bond donors (Lipinski definition) is 2. The first kappa shape index (κ1) is 25.6. The Morgan fingerprint density at radius 1 is 1.19 bits per heavy atom. The van der Waals surface area contributed by atoms with Crippen molar-refractivity contribution >= 4 is 41.7 Å². The van der Waals surface area contributed by atoms with Crippen molar-refractivity contribution in [3.05, 3.63) is 23.9 Å². The second-order valence-electron chi connectivity index (χ2n) is 8.15. The number of likely N-dealkylation sites (N-methyl/N-ethyl adjacent to an activating group) is 1. The van der Waals surface area contributed by atoms with Gasteiger partial charge in [-0.25, -0.2) is 4.98 Å². The maximum Gasteiger partial charge on any atom is 0.220 e. The van der Waals surface area contributed by atoms with Crippen LogP contribution >= 0.6 is 24.0 Å². The molecule has 0 saturated carbocycles. The van der Waals surface area contributed by atoms with Crippen LogP contribution in [0.4, 0.5) is 5.82 Å². The van der Waals surface area contributed by atoms with Crippen LogP contribution in [0, 0.1) is 5.92 Å². The molecule has 31 heavy (non-hydrogen) atoms. The minimum atomic E-state index is 0. The van der Waals surface area contributed by atoms with E-state index in [4.69, 9.17) is 0 Å². The van der Waals surface area contributed by atoms with Gasteiger partial charge < -0.3 is 25.3 Å². The molecule has 0 bridgehead atoms. The quantitative estimate of drug-likeness (QED) is 0.324. The zero-order valence-corrected chi connectivity index (χ0v) is 21.5. The summed E-state index contributed by atoms with van der Waals surface area (Å²) in [4.78, 5) is 27.8. The molecule has 8 nitrogen and oxygen atoms in total. The lowest BCUT2D eigenvalue weighted by molar-refractivity contribution is -0.121. The summed E-state index contributed by atoms with van der Waals surface area (Å²) in [5.74, 6) is 2.61. The maximum absolute atomic E-state index is 11.6. The molecule has 1 aromatic heterocycles. The van der Waals surface area contributed by atoms with Crippen molar-refractivity contribution in [2.75, 3.05) is 64.8 Å². The van der Waals surface area contributed by atoms with Crippen molar-refractivity contribution in [3.8, 4) is 0 Å². The first-order valence-electron chi connectivity index (χ1n) is 11.2. The van der Waals surface area contributed by atoms with Crippen LogP contribution in [0.15, 0.2) is 23.3 Å². The molecule has 2 N–H and O–H groups in total. The van der Waals surface area contributed by atoms with Gasteiger partial charge in [0, 0.05) is 72.5 Å². The molecule has 3 heterocycles. The zero-order chi connectivity index (χ0) is 21.3. The van der Waals surface area contributed by atoms with E-state index in [1.54, 1.807) is 7.05 Å². The van der Waals surface area contributed by atoms with Crippen LogP contribution in [-0.2, 0) is 11.3 Å². The lowest BCUT2D eigenvalue weighted by atomic mass is 9.93. The topological polar surface area (TPSA) is 76.1 Å². The second-order valence-corrected chi connectivity index (χ2v) is 8.15. The van der Waals surface area contributed by atoms with Crippen molar-refractivity contribution in [2.45, 2.75) is 32.7 Å². The van der Waals surface area contributed by atoms with Gasteiger partial charge in [0.25, 0.3) is 0 Å². The fourth-order valence-corrected chi connectivity index (χ4v) is 4.26. The SMILES string of the molecule is CCN1CCN(c2cc(CNC(=NC)N3CCC(CC(=O)NC)CC3)ccn2)CC1.I. The van der Waals surface area contributed by atoms with E-state index in [0.29, 0.717) is 12.3 Å². The summed E-state index contributed by atoms with van der Waals surface area (Å²) < 4.78 is 0. The Balaban J connectivity index is 0.00000341. The van der Waals surface area contributed by atoms with Crippen molar-refractivity contribution in [1.82, 2.24) is 25.4 Å². The summed E-state index contributed by atoms with van der Waals surface area (Å²) in [6.45, 7) is 10.2. The molecule has 2 aliphatic heterocycles. The number of likely N-dealkylation sites (tertiary alicyclic amines) is 1. The van der Waals surface area contributed by atoms with Crippen LogP contribution in [0.3, 0.4) is 0 Å². The Bertz CT molecular complexity index is 714. The number of amides is 1. The summed E-state index contributed by atoms with van der Waals surface area (Å²) in [7, 11) is 3.54. The van der Waals surface area contributed by atoms with Gasteiger partial charge in [0.15, 0.2) is 5.96 Å². The summed E-state index contributed by atoms with van der Waals surface area (Å²) >= 11 is 0. The number of aromatic nitrogens is 1. The Labute approximate surface area is 203 Å². The van der Waals surface area contributed by atoms with Gasteiger partial charge in [-0.1, -0.05) is 6.92 Å². The van der Waals surface area contributed by atoms with Crippen LogP contribution in [0.2, 0.25) is 0 Å². The van der Waals surface area contributed by atoms with Gasteiger partial charge >= 0.3 is 0 Å². The fourth-order valence-electron chi connectivity index (χ4n) is 4.26. The van der Waals surface area contributed by atoms with E-state index < -0.39 is 0 Å². The minimum Gasteiger partial charge on any atom is -0.359 e. The highest BCUT2D eigenvalue weighted by Crippen LogP contribution is 2.21. The molecule has 174 valence electrons. The molecule has 3 rings (SSSR count). The molecular formula is C22H38IN7O. The van der Waals surface area contributed by atoms with Crippen molar-refractivity contribution < 1.29 is 4.79 Å². The first-order chi connectivity index (χ1) is 14.6. The third-order valence-electron chi connectivity index (χ3n) is 6.28. The molecule has 1 amide bonds. The molecule has 0 spiro atoms. The van der Waals surface area contributed by atoms with E-state index in [9.17, 15) is 4.79 Å². The first-order valence-corrected chi connectivity index (χ1v) is 11.2. The number of carbonyl (C=O) groups excluding carboxylic acids is 1. The highest BCUT2D eigenvalue weighted by atomic mass is 127. The van der Waals surface area contributed by atoms with Crippen LogP contribution in [-0.4, -0.2) is 86.6 Å². The van der Waals surface area contributed by atoms with Crippen LogP contribution in [0.5, 0.6) is 0 Å². The van der Waals surface area contributed by atoms with E-state index in [1.807, 2.05) is 13.2 Å². The van der Waals surface area contributed by atoms with Gasteiger partial charge in [0.2, 0.25) is 5.91 Å². The lowest BCUT2D eigenvalue weighted by Crippen LogP contribution is -2.46. The average molecular weight is 543 g/mol. The molecule has 2 aliphatic rings. The number of anilines is 1. The number of halogens is 1. The Hall–Kier alpha value is -1.62. The van der Waals surface area contributed by atoms with Crippen LogP contribution in [0.1, 0.15) is 31.7 Å². The molecule has 9 heteroatoms. The molecule has 0 aromatic carbocycles. The van der Waals surface area contributed by atoms with Crippen LogP contribution < -0.4 is 15.5 Å². The number of nitrogens with zero attached hydrogens (tertiary/aromatic N) is 5. The summed E-state index contributed by atoms with van der Waals surface area (Å²) in [6.07, 6.45) is 4.59. The number of hydrogen-bond acceptors (Lipinski definition) is 5. The van der Waals surface area contributed by atoms with Gasteiger partial charge in [0.1, 0.15) is 5.82 Å². The zero-order valence-electron chi connectivity index (χ0n) is 19.1. The number of guanidine groups is 1. The van der Waals surface area contributed by atoms with E-state index in [2.05, 4.69) is 54.4 Å². The second kappa shape index (κ2) is 13.0. The number of rotatable bonds is 6. The maximum atomic E-state index is 11.6. The van der Waals surface area contributed by atoms with E-state index >= 15 is 0 Å². The Kier molecular flexibility index (Phi) is 10.8. The molecule has 2 fully saturated rings. The summed E-state index contributed by atoms with van der Waals surface area (Å²) in [5.41, 5.74) is 1.22. The predicted octanol–water partition coefficient (Wildman–Crippen LogP) is 1.77. The number of carbonyl (C=O) groups is 1. The minimum absolute atomic E-state index is 0. The van der Waals surface area contributed by atoms with Crippen LogP contribution in [0.25, 0.3) is 0 Å². The third-order valence-corrected chi connectivity index (χ3v) is 6.28. The van der Waals surface area contributed by atoms with E-state index in [-0.39, 0.29) is 29.9 Å². The van der Waals surface area contributed by atoms with Gasteiger partial charge in [0.05, 0.1) is 0 Å². The van der Waals surface area contributed by atoms with E-state index in [1.165, 1.54) is 5.56 Å². The fraction of sp³-hybridized carbons (Fsp3) is 0.682. The Morgan fingerprint density at radius 2 is 1.90 bits per heavy atom. The number of piperidine rings is 1. The molecular weight excluding hydrogens is 505 g/mol. The van der Waals surface area contributed by atoms with Gasteiger partial charge in [-0.3, -0.25) is 9.79 Å². The number of nitrogens with one attached hydrogen (secondary N) is 2. The number of aliphatic imine (C=N–C) groups is 1. The molecule has 1 aromatic rings. The third kappa shape index (κ3) is 7.48. The Morgan fingerprint density at radius 3 is 2.52 bits per heavy atom. The highest BCUT2D eigenvalue weighted by Gasteiger charge is 2.23. The smallest absolute Gasteiger partial charge is 0.220 e. The summed E-state index contributed by atoms with van der Waals surface area (Å²) in [5, 5.41) is 6.24. The monoisotopic (exact) mass is 543 g/mol. The predicted molar refractivity (Wildman–Crippen MR) is 137 cm³/mol. The average Bonchev–Trinajstić information content (AvgIpc) is 2.80. The number of piperazine rings is 1.